The zero-order valence-corrected chi connectivity index (χ0v) is 13.1. The molecule has 2 rings (SSSR count). The van der Waals surface area contributed by atoms with E-state index in [1.165, 1.54) is 11.1 Å². The van der Waals surface area contributed by atoms with Crippen molar-refractivity contribution in [3.8, 4) is 0 Å². The number of nitrogens with zero attached hydrogens (tertiary/aromatic N) is 1. The molecule has 4 heteroatoms. The van der Waals surface area contributed by atoms with E-state index in [9.17, 15) is 4.79 Å². The van der Waals surface area contributed by atoms with Crippen LogP contribution in [0.25, 0.3) is 0 Å². The molecule has 0 saturated heterocycles. The summed E-state index contributed by atoms with van der Waals surface area (Å²) >= 11 is 0. The highest BCUT2D eigenvalue weighted by molar-refractivity contribution is 5.91. The number of carbonyl (C=O) groups excluding carboxylic acids is 1. The zero-order chi connectivity index (χ0) is 15.9. The van der Waals surface area contributed by atoms with Crippen molar-refractivity contribution >= 4 is 17.8 Å². The lowest BCUT2D eigenvalue weighted by atomic mass is 10.1. The maximum absolute atomic E-state index is 11.8. The number of hydrogen-bond donors (Lipinski definition) is 1. The van der Waals surface area contributed by atoms with E-state index in [0.717, 1.165) is 16.8 Å². The Labute approximate surface area is 130 Å². The molecule has 22 heavy (non-hydrogen) atoms. The highest BCUT2D eigenvalue weighted by Crippen LogP contribution is 2.13. The quantitative estimate of drug-likeness (QED) is 0.677. The average Bonchev–Trinajstić information content (AvgIpc) is 2.49. The van der Waals surface area contributed by atoms with E-state index < -0.39 is 0 Å². The summed E-state index contributed by atoms with van der Waals surface area (Å²) in [5.41, 5.74) is 5.21. The molecule has 1 amide bonds. The summed E-state index contributed by atoms with van der Waals surface area (Å²) in [6.07, 6.45) is 1.59. The van der Waals surface area contributed by atoms with Crippen LogP contribution in [0.1, 0.15) is 22.3 Å². The van der Waals surface area contributed by atoms with Crippen molar-refractivity contribution in [3.05, 3.63) is 64.7 Å². The maximum Gasteiger partial charge on any atom is 0.265 e. The fourth-order valence-corrected chi connectivity index (χ4v) is 1.86. The predicted molar refractivity (Wildman–Crippen MR) is 89.3 cm³/mol. The molecule has 4 nitrogen and oxygen atoms in total. The normalized spacial score (nSPS) is 10.7. The largest absolute Gasteiger partial charge is 0.386 e. The second kappa shape index (κ2) is 7.41. The van der Waals surface area contributed by atoms with Gasteiger partial charge in [-0.05, 0) is 49.6 Å². The van der Waals surface area contributed by atoms with Gasteiger partial charge in [0.2, 0.25) is 0 Å². The van der Waals surface area contributed by atoms with Gasteiger partial charge in [0.15, 0.2) is 6.61 Å². The second-order valence-electron chi connectivity index (χ2n) is 5.27. The van der Waals surface area contributed by atoms with Crippen molar-refractivity contribution in [2.45, 2.75) is 20.8 Å². The van der Waals surface area contributed by atoms with Gasteiger partial charge in [0, 0.05) is 5.69 Å². The van der Waals surface area contributed by atoms with Gasteiger partial charge in [0.25, 0.3) is 5.91 Å². The fourth-order valence-electron chi connectivity index (χ4n) is 1.86. The molecule has 0 aliphatic rings. The van der Waals surface area contributed by atoms with Crippen LogP contribution in [0.4, 0.5) is 5.69 Å². The van der Waals surface area contributed by atoms with Gasteiger partial charge in [0.1, 0.15) is 0 Å². The first-order chi connectivity index (χ1) is 10.5. The topological polar surface area (TPSA) is 50.7 Å². The van der Waals surface area contributed by atoms with Crippen LogP contribution in [0, 0.1) is 20.8 Å². The molecule has 0 fully saturated rings. The Balaban J connectivity index is 1.80. The van der Waals surface area contributed by atoms with Crippen molar-refractivity contribution in [1.29, 1.82) is 0 Å². The molecule has 0 bridgehead atoms. The van der Waals surface area contributed by atoms with Crippen molar-refractivity contribution < 1.29 is 9.63 Å². The number of benzene rings is 2. The smallest absolute Gasteiger partial charge is 0.265 e. The Morgan fingerprint density at radius 2 is 1.82 bits per heavy atom. The monoisotopic (exact) mass is 296 g/mol. The Morgan fingerprint density at radius 1 is 1.09 bits per heavy atom. The van der Waals surface area contributed by atoms with Crippen LogP contribution in [-0.4, -0.2) is 18.7 Å². The number of oxime groups is 1. The zero-order valence-electron chi connectivity index (χ0n) is 13.1. The summed E-state index contributed by atoms with van der Waals surface area (Å²) in [4.78, 5) is 16.8. The van der Waals surface area contributed by atoms with Gasteiger partial charge in [-0.25, -0.2) is 0 Å². The number of nitrogens with one attached hydrogen (secondary N) is 1. The summed E-state index contributed by atoms with van der Waals surface area (Å²) in [5.74, 6) is -0.232. The van der Waals surface area contributed by atoms with Gasteiger partial charge < -0.3 is 10.2 Å². The number of rotatable bonds is 5. The molecule has 2 aromatic rings. The molecule has 0 saturated carbocycles. The third-order valence-corrected chi connectivity index (χ3v) is 3.34. The van der Waals surface area contributed by atoms with Crippen molar-refractivity contribution in [2.24, 2.45) is 5.16 Å². The molecule has 114 valence electrons. The lowest BCUT2D eigenvalue weighted by Gasteiger charge is -2.06. The lowest BCUT2D eigenvalue weighted by molar-refractivity contribution is -0.120. The summed E-state index contributed by atoms with van der Waals surface area (Å²) in [6.45, 7) is 5.95. The third kappa shape index (κ3) is 4.74. The van der Waals surface area contributed by atoms with Gasteiger partial charge in [-0.2, -0.15) is 0 Å². The molecule has 2 aromatic carbocycles. The van der Waals surface area contributed by atoms with Gasteiger partial charge in [-0.3, -0.25) is 4.79 Å². The molecule has 0 atom stereocenters. The Hall–Kier alpha value is -2.62. The Morgan fingerprint density at radius 3 is 2.50 bits per heavy atom. The van der Waals surface area contributed by atoms with E-state index in [4.69, 9.17) is 4.84 Å². The molecule has 0 aliphatic heterocycles. The second-order valence-corrected chi connectivity index (χ2v) is 5.27. The van der Waals surface area contributed by atoms with Gasteiger partial charge in [0.05, 0.1) is 6.21 Å². The van der Waals surface area contributed by atoms with Gasteiger partial charge in [-0.15, -0.1) is 0 Å². The summed E-state index contributed by atoms with van der Waals surface area (Å²) < 4.78 is 0. The maximum atomic E-state index is 11.8. The van der Waals surface area contributed by atoms with E-state index in [1.54, 1.807) is 6.21 Å². The SMILES string of the molecule is Cc1ccc(/C=N\OCC(=O)Nc2ccc(C)c(C)c2)cc1. The molecule has 0 radical (unpaired) electrons. The van der Waals surface area contributed by atoms with Gasteiger partial charge in [-0.1, -0.05) is 41.1 Å². The number of carbonyl (C=O) groups is 1. The van der Waals surface area contributed by atoms with Crippen molar-refractivity contribution in [3.63, 3.8) is 0 Å². The molecular formula is C18H20N2O2. The Bertz CT molecular complexity index is 676. The summed E-state index contributed by atoms with van der Waals surface area (Å²) in [7, 11) is 0. The Kier molecular flexibility index (Phi) is 5.31. The van der Waals surface area contributed by atoms with Crippen molar-refractivity contribution in [1.82, 2.24) is 0 Å². The first-order valence-electron chi connectivity index (χ1n) is 7.14. The first kappa shape index (κ1) is 15.8. The molecule has 0 unspecified atom stereocenters. The van der Waals surface area contributed by atoms with Crippen LogP contribution in [0.2, 0.25) is 0 Å². The first-order valence-corrected chi connectivity index (χ1v) is 7.14. The molecular weight excluding hydrogens is 276 g/mol. The van der Waals surface area contributed by atoms with E-state index in [-0.39, 0.29) is 12.5 Å². The third-order valence-electron chi connectivity index (χ3n) is 3.34. The van der Waals surface area contributed by atoms with E-state index in [2.05, 4.69) is 10.5 Å². The molecule has 0 spiro atoms. The van der Waals surface area contributed by atoms with Crippen LogP contribution in [0.5, 0.6) is 0 Å². The molecule has 0 aromatic heterocycles. The summed E-state index contributed by atoms with van der Waals surface area (Å²) in [6, 6.07) is 13.6. The molecule has 0 heterocycles. The standard InChI is InChI=1S/C18H20N2O2/c1-13-4-7-16(8-5-13)11-19-22-12-18(21)20-17-9-6-14(2)15(3)10-17/h4-11H,12H2,1-3H3,(H,20,21)/b19-11-. The summed E-state index contributed by atoms with van der Waals surface area (Å²) in [5, 5.41) is 6.58. The lowest BCUT2D eigenvalue weighted by Crippen LogP contribution is -2.17. The highest BCUT2D eigenvalue weighted by atomic mass is 16.6. The number of amides is 1. The van der Waals surface area contributed by atoms with E-state index >= 15 is 0 Å². The minimum atomic E-state index is -0.232. The fraction of sp³-hybridized carbons (Fsp3) is 0.222. The average molecular weight is 296 g/mol. The van der Waals surface area contributed by atoms with Gasteiger partial charge >= 0.3 is 0 Å². The predicted octanol–water partition coefficient (Wildman–Crippen LogP) is 3.60. The minimum absolute atomic E-state index is 0.116. The van der Waals surface area contributed by atoms with E-state index in [0.29, 0.717) is 0 Å². The molecule has 0 aliphatic carbocycles. The highest BCUT2D eigenvalue weighted by Gasteiger charge is 2.03. The van der Waals surface area contributed by atoms with E-state index in [1.807, 2.05) is 63.2 Å². The van der Waals surface area contributed by atoms with Crippen LogP contribution in [0.3, 0.4) is 0 Å². The molecule has 1 N–H and O–H groups in total. The number of anilines is 1. The number of hydrogen-bond acceptors (Lipinski definition) is 3. The van der Waals surface area contributed by atoms with Crippen molar-refractivity contribution in [2.75, 3.05) is 11.9 Å². The van der Waals surface area contributed by atoms with Crippen LogP contribution < -0.4 is 5.32 Å². The van der Waals surface area contributed by atoms with Crippen LogP contribution in [-0.2, 0) is 9.63 Å². The minimum Gasteiger partial charge on any atom is -0.386 e. The van der Waals surface area contributed by atoms with Crippen LogP contribution in [0.15, 0.2) is 47.6 Å². The van der Waals surface area contributed by atoms with Crippen LogP contribution >= 0.6 is 0 Å². The number of aryl methyl sites for hydroxylation is 3.